The van der Waals surface area contributed by atoms with Gasteiger partial charge < -0.3 is 10.2 Å². The first kappa shape index (κ1) is 18.9. The van der Waals surface area contributed by atoms with Crippen LogP contribution in [0.15, 0.2) is 23.5 Å². The zero-order chi connectivity index (χ0) is 15.3. The monoisotopic (exact) mass is 449 g/mol. The number of thioether (sulfide) groups is 1. The molecule has 130 valence electrons. The lowest BCUT2D eigenvalue weighted by Gasteiger charge is -2.45. The molecule has 1 aromatic rings. The Morgan fingerprint density at radius 2 is 2.17 bits per heavy atom. The van der Waals surface area contributed by atoms with Crippen LogP contribution in [0.5, 0.6) is 0 Å². The molecule has 3 rings (SSSR count). The molecule has 0 amide bonds. The molecular formula is C16H28IN5S. The maximum atomic E-state index is 4.50. The average Bonchev–Trinajstić information content (AvgIpc) is 3.06. The average molecular weight is 449 g/mol. The molecule has 23 heavy (non-hydrogen) atoms. The predicted molar refractivity (Wildman–Crippen MR) is 109 cm³/mol. The van der Waals surface area contributed by atoms with Crippen LogP contribution in [0.3, 0.4) is 0 Å². The molecule has 2 fully saturated rings. The Balaban J connectivity index is 0.00000192. The van der Waals surface area contributed by atoms with Crippen molar-refractivity contribution >= 4 is 41.7 Å². The van der Waals surface area contributed by atoms with Crippen LogP contribution in [0.2, 0.25) is 0 Å². The molecule has 1 spiro atoms. The van der Waals surface area contributed by atoms with Crippen LogP contribution in [0.1, 0.15) is 32.1 Å². The van der Waals surface area contributed by atoms with E-state index in [4.69, 9.17) is 0 Å². The fourth-order valence-electron chi connectivity index (χ4n) is 3.57. The number of hydrogen-bond donors (Lipinski definition) is 1. The number of nitrogens with one attached hydrogen (secondary N) is 1. The van der Waals surface area contributed by atoms with Crippen LogP contribution >= 0.6 is 35.7 Å². The molecule has 2 aliphatic rings. The highest BCUT2D eigenvalue weighted by atomic mass is 127. The summed E-state index contributed by atoms with van der Waals surface area (Å²) in [7, 11) is 1.89. The Kier molecular flexibility index (Phi) is 7.52. The van der Waals surface area contributed by atoms with Crippen molar-refractivity contribution in [3.05, 3.63) is 18.5 Å². The van der Waals surface area contributed by atoms with Crippen molar-refractivity contribution in [3.63, 3.8) is 0 Å². The number of aliphatic imine (C=N–C) groups is 1. The van der Waals surface area contributed by atoms with E-state index >= 15 is 0 Å². The minimum atomic E-state index is 0. The smallest absolute Gasteiger partial charge is 0.193 e. The van der Waals surface area contributed by atoms with Gasteiger partial charge in [0, 0.05) is 49.6 Å². The first-order valence-electron chi connectivity index (χ1n) is 8.38. The van der Waals surface area contributed by atoms with Crippen LogP contribution in [-0.4, -0.2) is 57.8 Å². The van der Waals surface area contributed by atoms with Crippen molar-refractivity contribution in [2.24, 2.45) is 4.99 Å². The minimum Gasteiger partial charge on any atom is -0.354 e. The van der Waals surface area contributed by atoms with E-state index in [0.717, 1.165) is 32.1 Å². The third-order valence-corrected chi connectivity index (χ3v) is 6.24. The van der Waals surface area contributed by atoms with Gasteiger partial charge in [0.1, 0.15) is 0 Å². The Labute approximate surface area is 160 Å². The third-order valence-electron chi connectivity index (χ3n) is 4.71. The van der Waals surface area contributed by atoms with E-state index in [2.05, 4.69) is 32.1 Å². The fourth-order valence-corrected chi connectivity index (χ4v) is 5.14. The van der Waals surface area contributed by atoms with Gasteiger partial charge in [0.25, 0.3) is 0 Å². The Hall–Kier alpha value is -0.440. The molecule has 0 radical (unpaired) electrons. The lowest BCUT2D eigenvalue weighted by atomic mass is 9.87. The summed E-state index contributed by atoms with van der Waals surface area (Å²) in [5.74, 6) is 2.28. The lowest BCUT2D eigenvalue weighted by molar-refractivity contribution is 0.293. The molecule has 7 heteroatoms. The molecule has 0 atom stereocenters. The minimum absolute atomic E-state index is 0. The second-order valence-corrected chi connectivity index (χ2v) is 7.82. The topological polar surface area (TPSA) is 45.5 Å². The Bertz CT molecular complexity index is 479. The van der Waals surface area contributed by atoms with Gasteiger partial charge in [-0.15, -0.1) is 24.0 Å². The molecule has 1 aliphatic carbocycles. The van der Waals surface area contributed by atoms with E-state index in [1.807, 2.05) is 30.2 Å². The number of rotatable bonds is 3. The molecule has 0 unspecified atom stereocenters. The van der Waals surface area contributed by atoms with E-state index in [1.54, 1.807) is 0 Å². The first-order chi connectivity index (χ1) is 10.8. The van der Waals surface area contributed by atoms with Gasteiger partial charge in [0.15, 0.2) is 5.96 Å². The highest BCUT2D eigenvalue weighted by molar-refractivity contribution is 14.0. The van der Waals surface area contributed by atoms with Crippen molar-refractivity contribution < 1.29 is 0 Å². The molecule has 2 heterocycles. The largest absolute Gasteiger partial charge is 0.354 e. The highest BCUT2D eigenvalue weighted by Gasteiger charge is 2.38. The SMILES string of the molecule is CN=C(NCCn1cccn1)N1CCSC2(CCCCC2)C1.I. The molecule has 0 bridgehead atoms. The summed E-state index contributed by atoms with van der Waals surface area (Å²) in [5.41, 5.74) is 0. The molecule has 1 N–H and O–H groups in total. The summed E-state index contributed by atoms with van der Waals surface area (Å²) in [4.78, 5) is 6.96. The van der Waals surface area contributed by atoms with Gasteiger partial charge in [-0.1, -0.05) is 19.3 Å². The van der Waals surface area contributed by atoms with Crippen LogP contribution in [0.25, 0.3) is 0 Å². The van der Waals surface area contributed by atoms with Gasteiger partial charge in [0.2, 0.25) is 0 Å². The third kappa shape index (κ3) is 5.01. The van der Waals surface area contributed by atoms with E-state index < -0.39 is 0 Å². The second-order valence-electron chi connectivity index (χ2n) is 6.26. The van der Waals surface area contributed by atoms with Crippen molar-refractivity contribution in [2.75, 3.05) is 32.4 Å². The van der Waals surface area contributed by atoms with Gasteiger partial charge in [-0.25, -0.2) is 0 Å². The zero-order valence-electron chi connectivity index (χ0n) is 13.9. The Morgan fingerprint density at radius 3 is 2.87 bits per heavy atom. The van der Waals surface area contributed by atoms with Gasteiger partial charge in [-0.2, -0.15) is 16.9 Å². The van der Waals surface area contributed by atoms with Gasteiger partial charge >= 0.3 is 0 Å². The van der Waals surface area contributed by atoms with Crippen molar-refractivity contribution in [2.45, 2.75) is 43.4 Å². The number of halogens is 1. The maximum absolute atomic E-state index is 4.50. The van der Waals surface area contributed by atoms with Crippen molar-refractivity contribution in [1.82, 2.24) is 20.0 Å². The summed E-state index contributed by atoms with van der Waals surface area (Å²) < 4.78 is 2.44. The van der Waals surface area contributed by atoms with E-state index in [1.165, 1.54) is 37.9 Å². The number of guanidine groups is 1. The fraction of sp³-hybridized carbons (Fsp3) is 0.750. The number of hydrogen-bond acceptors (Lipinski definition) is 3. The molecule has 0 aromatic carbocycles. The van der Waals surface area contributed by atoms with E-state index in [0.29, 0.717) is 4.75 Å². The van der Waals surface area contributed by atoms with Crippen LogP contribution < -0.4 is 5.32 Å². The summed E-state index contributed by atoms with van der Waals surface area (Å²) >= 11 is 2.20. The second kappa shape index (κ2) is 9.15. The normalized spacial score (nSPS) is 21.1. The molecule has 1 aromatic heterocycles. The molecule has 1 aliphatic heterocycles. The van der Waals surface area contributed by atoms with Crippen molar-refractivity contribution in [1.29, 1.82) is 0 Å². The molecule has 1 saturated carbocycles. The van der Waals surface area contributed by atoms with Gasteiger partial charge in [0.05, 0.1) is 6.54 Å². The Morgan fingerprint density at radius 1 is 1.35 bits per heavy atom. The van der Waals surface area contributed by atoms with Crippen LogP contribution in [0, 0.1) is 0 Å². The quantitative estimate of drug-likeness (QED) is 0.438. The first-order valence-corrected chi connectivity index (χ1v) is 9.37. The maximum Gasteiger partial charge on any atom is 0.193 e. The summed E-state index contributed by atoms with van der Waals surface area (Å²) in [6.07, 6.45) is 10.8. The van der Waals surface area contributed by atoms with E-state index in [9.17, 15) is 0 Å². The summed E-state index contributed by atoms with van der Waals surface area (Å²) in [5, 5.41) is 7.74. The van der Waals surface area contributed by atoms with Crippen LogP contribution in [0.4, 0.5) is 0 Å². The predicted octanol–water partition coefficient (Wildman–Crippen LogP) is 2.83. The lowest BCUT2D eigenvalue weighted by Crippen LogP contribution is -2.53. The number of nitrogens with zero attached hydrogens (tertiary/aromatic N) is 4. The number of aromatic nitrogens is 2. The van der Waals surface area contributed by atoms with Gasteiger partial charge in [-0.3, -0.25) is 9.67 Å². The highest BCUT2D eigenvalue weighted by Crippen LogP contribution is 2.42. The zero-order valence-corrected chi connectivity index (χ0v) is 17.1. The van der Waals surface area contributed by atoms with Crippen LogP contribution in [-0.2, 0) is 6.54 Å². The molecule has 1 saturated heterocycles. The molecule has 5 nitrogen and oxygen atoms in total. The summed E-state index contributed by atoms with van der Waals surface area (Å²) in [6.45, 7) is 4.00. The molecular weight excluding hydrogens is 421 g/mol. The standard InChI is InChI=1S/C16H27N5S.HI/c1-17-15(18-9-11-21-10-5-8-19-21)20-12-13-22-16(14-20)6-3-2-4-7-16;/h5,8,10H,2-4,6-7,9,11-14H2,1H3,(H,17,18);1H. The summed E-state index contributed by atoms with van der Waals surface area (Å²) in [6, 6.07) is 1.96. The van der Waals surface area contributed by atoms with E-state index in [-0.39, 0.29) is 24.0 Å². The van der Waals surface area contributed by atoms with Crippen molar-refractivity contribution in [3.8, 4) is 0 Å². The van der Waals surface area contributed by atoms with Gasteiger partial charge in [-0.05, 0) is 18.9 Å².